The summed E-state index contributed by atoms with van der Waals surface area (Å²) in [6, 6.07) is 0. The van der Waals surface area contributed by atoms with Crippen LogP contribution in [-0.2, 0) is 4.74 Å². The second kappa shape index (κ2) is 4.89. The van der Waals surface area contributed by atoms with Crippen LogP contribution in [0.25, 0.3) is 0 Å². The molecule has 3 rings (SSSR count). The molecular formula is C11H16ClN5O4. The van der Waals surface area contributed by atoms with Crippen molar-refractivity contribution in [2.75, 3.05) is 13.3 Å². The highest BCUT2D eigenvalue weighted by Gasteiger charge is 2.49. The third-order valence-corrected chi connectivity index (χ3v) is 3.74. The van der Waals surface area contributed by atoms with Gasteiger partial charge in [0, 0.05) is 0 Å². The van der Waals surface area contributed by atoms with Crippen molar-refractivity contribution in [1.29, 1.82) is 0 Å². The van der Waals surface area contributed by atoms with Crippen molar-refractivity contribution in [2.24, 2.45) is 20.7 Å². The third-order valence-electron chi connectivity index (χ3n) is 3.57. The summed E-state index contributed by atoms with van der Waals surface area (Å²) in [5.41, 5.74) is 6.19. The van der Waals surface area contributed by atoms with E-state index in [0.29, 0.717) is 11.5 Å². The summed E-state index contributed by atoms with van der Waals surface area (Å²) in [7, 11) is 0. The Hall–Kier alpha value is -1.26. The van der Waals surface area contributed by atoms with E-state index in [9.17, 15) is 10.2 Å². The first-order valence-corrected chi connectivity index (χ1v) is 6.80. The van der Waals surface area contributed by atoms with Gasteiger partial charge in [0.1, 0.15) is 30.7 Å². The fourth-order valence-electron chi connectivity index (χ4n) is 2.56. The van der Waals surface area contributed by atoms with Crippen LogP contribution in [0.15, 0.2) is 15.0 Å². The van der Waals surface area contributed by atoms with Gasteiger partial charge in [-0.2, -0.15) is 0 Å². The number of aliphatic hydroxyl groups is 3. The fourth-order valence-corrected chi connectivity index (χ4v) is 2.73. The van der Waals surface area contributed by atoms with Gasteiger partial charge in [-0.05, 0) is 6.92 Å². The van der Waals surface area contributed by atoms with Crippen LogP contribution < -0.4 is 5.73 Å². The Morgan fingerprint density at radius 1 is 1.43 bits per heavy atom. The number of aliphatic imine (C=N–C) groups is 3. The topological polar surface area (TPSA) is 136 Å². The third kappa shape index (κ3) is 2.30. The molecule has 0 aromatic rings. The van der Waals surface area contributed by atoms with E-state index in [1.165, 1.54) is 0 Å². The van der Waals surface area contributed by atoms with E-state index in [-0.39, 0.29) is 12.5 Å². The second-order valence-electron chi connectivity index (χ2n) is 5.18. The van der Waals surface area contributed by atoms with Crippen LogP contribution in [0.3, 0.4) is 0 Å². The van der Waals surface area contributed by atoms with E-state index >= 15 is 0 Å². The second-order valence-corrected chi connectivity index (χ2v) is 5.90. The molecular weight excluding hydrogens is 302 g/mol. The molecule has 0 bridgehead atoms. The molecule has 9 nitrogen and oxygen atoms in total. The van der Waals surface area contributed by atoms with Crippen molar-refractivity contribution in [3.63, 3.8) is 0 Å². The number of amidine groups is 2. The van der Waals surface area contributed by atoms with E-state index in [2.05, 4.69) is 15.0 Å². The Morgan fingerprint density at radius 3 is 2.76 bits per heavy atom. The highest BCUT2D eigenvalue weighted by atomic mass is 35.5. The van der Waals surface area contributed by atoms with Crippen LogP contribution in [0.4, 0.5) is 0 Å². The zero-order chi connectivity index (χ0) is 15.4. The summed E-state index contributed by atoms with van der Waals surface area (Å²) in [5, 5.41) is 27.8. The van der Waals surface area contributed by atoms with E-state index in [4.69, 9.17) is 27.2 Å². The van der Waals surface area contributed by atoms with Crippen molar-refractivity contribution >= 4 is 29.0 Å². The maximum atomic E-state index is 10.1. The Bertz CT molecular complexity index is 549. The van der Waals surface area contributed by atoms with Gasteiger partial charge < -0.3 is 30.7 Å². The van der Waals surface area contributed by atoms with Crippen LogP contribution in [0.1, 0.15) is 6.92 Å². The number of hydrogen-bond acceptors (Lipinski definition) is 9. The molecule has 1 fully saturated rings. The van der Waals surface area contributed by atoms with Crippen LogP contribution in [0.2, 0.25) is 0 Å². The molecule has 0 aliphatic carbocycles. The number of hydrogen-bond donors (Lipinski definition) is 4. The number of alkyl halides is 1. The lowest BCUT2D eigenvalue weighted by atomic mass is 10.1. The maximum absolute atomic E-state index is 10.1. The molecule has 0 saturated carbocycles. The first kappa shape index (κ1) is 14.7. The lowest BCUT2D eigenvalue weighted by Gasteiger charge is -2.30. The number of aliphatic hydroxyl groups excluding tert-OH is 3. The van der Waals surface area contributed by atoms with Crippen molar-refractivity contribution in [2.45, 2.75) is 36.6 Å². The minimum absolute atomic E-state index is 0.143. The Kier molecular flexibility index (Phi) is 3.41. The number of nitrogens with two attached hydrogens (primary N) is 1. The average molecular weight is 318 g/mol. The smallest absolute Gasteiger partial charge is 0.226 e. The number of ether oxygens (including phenoxy) is 1. The predicted octanol–water partition coefficient (Wildman–Crippen LogP) is -2.18. The maximum Gasteiger partial charge on any atom is 0.226 e. The SMILES string of the molecule is CC1(Cl)N=C(N)C2=NCN([C@@H]3O[C@H](CO)[C@@H](O)[C@H]3O)C2=N1. The monoisotopic (exact) mass is 317 g/mol. The van der Waals surface area contributed by atoms with Gasteiger partial charge in [-0.1, -0.05) is 11.6 Å². The van der Waals surface area contributed by atoms with E-state index in [0.717, 1.165) is 0 Å². The van der Waals surface area contributed by atoms with Crippen molar-refractivity contribution in [1.82, 2.24) is 4.90 Å². The molecule has 3 aliphatic heterocycles. The zero-order valence-corrected chi connectivity index (χ0v) is 12.0. The van der Waals surface area contributed by atoms with Gasteiger partial charge in [0.2, 0.25) is 5.12 Å². The normalized spacial score (nSPS) is 42.5. The molecule has 0 aromatic carbocycles. The number of nitrogens with zero attached hydrogens (tertiary/aromatic N) is 4. The summed E-state index contributed by atoms with van der Waals surface area (Å²) in [6.07, 6.45) is -4.16. The zero-order valence-electron chi connectivity index (χ0n) is 11.2. The summed E-state index contributed by atoms with van der Waals surface area (Å²) >= 11 is 6.10. The fraction of sp³-hybridized carbons (Fsp3) is 0.727. The van der Waals surface area contributed by atoms with Crippen LogP contribution in [0, 0.1) is 0 Å². The number of rotatable bonds is 2. The molecule has 5 N–H and O–H groups in total. The highest BCUT2D eigenvalue weighted by molar-refractivity contribution is 6.69. The van der Waals surface area contributed by atoms with Crippen LogP contribution in [-0.4, -0.2) is 80.5 Å². The summed E-state index contributed by atoms with van der Waals surface area (Å²) in [4.78, 5) is 14.0. The Labute approximate surface area is 125 Å². The summed E-state index contributed by atoms with van der Waals surface area (Å²) in [6.45, 7) is 1.31. The molecule has 3 heterocycles. The molecule has 0 radical (unpaired) electrons. The highest BCUT2D eigenvalue weighted by Crippen LogP contribution is 2.30. The number of halogens is 1. The van der Waals surface area contributed by atoms with Gasteiger partial charge in [-0.25, -0.2) is 9.98 Å². The molecule has 10 heteroatoms. The largest absolute Gasteiger partial charge is 0.394 e. The Morgan fingerprint density at radius 2 is 2.14 bits per heavy atom. The van der Waals surface area contributed by atoms with Crippen LogP contribution in [0.5, 0.6) is 0 Å². The van der Waals surface area contributed by atoms with Gasteiger partial charge in [-0.3, -0.25) is 4.99 Å². The molecule has 0 aromatic heterocycles. The van der Waals surface area contributed by atoms with Crippen LogP contribution >= 0.6 is 11.6 Å². The van der Waals surface area contributed by atoms with Gasteiger partial charge in [0.25, 0.3) is 0 Å². The van der Waals surface area contributed by atoms with Gasteiger partial charge in [-0.15, -0.1) is 0 Å². The lowest BCUT2D eigenvalue weighted by Crippen LogP contribution is -2.50. The van der Waals surface area contributed by atoms with Crippen molar-refractivity contribution in [3.05, 3.63) is 0 Å². The molecule has 1 saturated heterocycles. The molecule has 5 atom stereocenters. The number of fused-ring (bicyclic) bond motifs is 1. The quantitative estimate of drug-likeness (QED) is 0.338. The lowest BCUT2D eigenvalue weighted by molar-refractivity contribution is -0.0689. The minimum atomic E-state index is -1.25. The molecule has 0 amide bonds. The molecule has 0 spiro atoms. The molecule has 3 aliphatic rings. The first-order chi connectivity index (χ1) is 9.84. The van der Waals surface area contributed by atoms with E-state index in [1.54, 1.807) is 11.8 Å². The average Bonchev–Trinajstić information content (AvgIpc) is 2.92. The molecule has 1 unspecified atom stereocenters. The summed E-state index contributed by atoms with van der Waals surface area (Å²) < 4.78 is 5.47. The van der Waals surface area contributed by atoms with Gasteiger partial charge in [0.05, 0.1) is 6.61 Å². The molecule has 21 heavy (non-hydrogen) atoms. The Balaban J connectivity index is 1.88. The standard InChI is InChI=1S/C11H16ClN5O4/c1-11(12)15-8(13)5-9(16-11)17(3-14-5)10-7(20)6(19)4(2-18)21-10/h4,6-7,10,18-20H,2-3H2,1H3,(H2,13,15)/t4-,6-,7-,10-,11?/m1/s1. The van der Waals surface area contributed by atoms with Crippen molar-refractivity contribution in [3.8, 4) is 0 Å². The molecule has 116 valence electrons. The predicted molar refractivity (Wildman–Crippen MR) is 75.2 cm³/mol. The van der Waals surface area contributed by atoms with E-state index in [1.807, 2.05) is 0 Å². The van der Waals surface area contributed by atoms with Gasteiger partial charge >= 0.3 is 0 Å². The van der Waals surface area contributed by atoms with E-state index < -0.39 is 36.3 Å². The minimum Gasteiger partial charge on any atom is -0.394 e. The van der Waals surface area contributed by atoms with Crippen molar-refractivity contribution < 1.29 is 20.1 Å². The first-order valence-electron chi connectivity index (χ1n) is 6.42. The summed E-state index contributed by atoms with van der Waals surface area (Å²) in [5.74, 6) is 0.515. The van der Waals surface area contributed by atoms with Gasteiger partial charge in [0.15, 0.2) is 17.9 Å².